The van der Waals surface area contributed by atoms with Gasteiger partial charge in [0.15, 0.2) is 0 Å². The van der Waals surface area contributed by atoms with Crippen molar-refractivity contribution in [3.05, 3.63) is 39.9 Å². The van der Waals surface area contributed by atoms with Crippen molar-refractivity contribution in [1.29, 1.82) is 0 Å². The number of nitro benzene ring substituents is 1. The van der Waals surface area contributed by atoms with Gasteiger partial charge < -0.3 is 5.73 Å². The molecule has 0 saturated carbocycles. The highest BCUT2D eigenvalue weighted by Gasteiger charge is 2.14. The standard InChI is InChI=1S/C8H10N2O2/c1-6(9)7-4-2-3-5-8(7)10(11)12/h2-6H,9H2,1H3/t6-/m1/s1. The van der Waals surface area contributed by atoms with E-state index in [4.69, 9.17) is 5.73 Å². The maximum atomic E-state index is 10.5. The van der Waals surface area contributed by atoms with Gasteiger partial charge in [0.1, 0.15) is 0 Å². The van der Waals surface area contributed by atoms with Gasteiger partial charge in [0.25, 0.3) is 5.69 Å². The van der Waals surface area contributed by atoms with Gasteiger partial charge in [-0.3, -0.25) is 10.1 Å². The Balaban J connectivity index is 3.17. The second-order valence-corrected chi connectivity index (χ2v) is 2.60. The molecule has 4 nitrogen and oxygen atoms in total. The summed E-state index contributed by atoms with van der Waals surface area (Å²) < 4.78 is 0. The number of nitrogens with zero attached hydrogens (tertiary/aromatic N) is 1. The van der Waals surface area contributed by atoms with Crippen LogP contribution in [0.3, 0.4) is 0 Å². The summed E-state index contributed by atoms with van der Waals surface area (Å²) in [6, 6.07) is 6.20. The van der Waals surface area contributed by atoms with Crippen LogP contribution in [-0.2, 0) is 0 Å². The fourth-order valence-corrected chi connectivity index (χ4v) is 1.04. The monoisotopic (exact) mass is 166 g/mol. The van der Waals surface area contributed by atoms with Gasteiger partial charge >= 0.3 is 0 Å². The Labute approximate surface area is 70.2 Å². The molecule has 0 unspecified atom stereocenters. The average molecular weight is 166 g/mol. The van der Waals surface area contributed by atoms with Crippen molar-refractivity contribution in [2.45, 2.75) is 13.0 Å². The van der Waals surface area contributed by atoms with Crippen molar-refractivity contribution in [2.24, 2.45) is 5.73 Å². The summed E-state index contributed by atoms with van der Waals surface area (Å²) in [5, 5.41) is 10.5. The van der Waals surface area contributed by atoms with Crippen LogP contribution < -0.4 is 5.73 Å². The van der Waals surface area contributed by atoms with E-state index in [-0.39, 0.29) is 11.7 Å². The van der Waals surface area contributed by atoms with Gasteiger partial charge in [-0.2, -0.15) is 0 Å². The van der Waals surface area contributed by atoms with E-state index in [9.17, 15) is 10.1 Å². The first-order valence-electron chi connectivity index (χ1n) is 3.62. The van der Waals surface area contributed by atoms with Gasteiger partial charge in [-0.15, -0.1) is 0 Å². The normalized spacial score (nSPS) is 12.5. The Morgan fingerprint density at radius 3 is 2.50 bits per heavy atom. The zero-order valence-electron chi connectivity index (χ0n) is 6.73. The molecule has 0 saturated heterocycles. The second-order valence-electron chi connectivity index (χ2n) is 2.60. The Bertz CT molecular complexity index is 297. The summed E-state index contributed by atoms with van der Waals surface area (Å²) in [5.41, 5.74) is 6.21. The zero-order chi connectivity index (χ0) is 9.14. The highest BCUT2D eigenvalue weighted by molar-refractivity contribution is 5.41. The summed E-state index contributed by atoms with van der Waals surface area (Å²) >= 11 is 0. The lowest BCUT2D eigenvalue weighted by Crippen LogP contribution is -2.07. The highest BCUT2D eigenvalue weighted by atomic mass is 16.6. The van der Waals surface area contributed by atoms with E-state index in [1.807, 2.05) is 0 Å². The van der Waals surface area contributed by atoms with Crippen LogP contribution in [-0.4, -0.2) is 4.92 Å². The van der Waals surface area contributed by atoms with E-state index < -0.39 is 4.92 Å². The molecule has 1 rings (SSSR count). The van der Waals surface area contributed by atoms with Crippen molar-refractivity contribution < 1.29 is 4.92 Å². The van der Waals surface area contributed by atoms with Crippen LogP contribution in [0.1, 0.15) is 18.5 Å². The maximum Gasteiger partial charge on any atom is 0.274 e. The van der Waals surface area contributed by atoms with E-state index in [2.05, 4.69) is 0 Å². The minimum atomic E-state index is -0.418. The summed E-state index contributed by atoms with van der Waals surface area (Å²) in [6.07, 6.45) is 0. The van der Waals surface area contributed by atoms with Gasteiger partial charge in [0.05, 0.1) is 4.92 Å². The van der Waals surface area contributed by atoms with E-state index in [0.717, 1.165) is 0 Å². The first-order chi connectivity index (χ1) is 5.63. The number of para-hydroxylation sites is 1. The number of hydrogen-bond donors (Lipinski definition) is 1. The van der Waals surface area contributed by atoms with Crippen molar-refractivity contribution in [2.75, 3.05) is 0 Å². The highest BCUT2D eigenvalue weighted by Crippen LogP contribution is 2.22. The molecule has 0 amide bonds. The summed E-state index contributed by atoms with van der Waals surface area (Å²) in [6.45, 7) is 1.72. The molecule has 0 bridgehead atoms. The largest absolute Gasteiger partial charge is 0.324 e. The third-order valence-corrected chi connectivity index (χ3v) is 1.62. The zero-order valence-corrected chi connectivity index (χ0v) is 6.73. The van der Waals surface area contributed by atoms with E-state index in [1.54, 1.807) is 25.1 Å². The lowest BCUT2D eigenvalue weighted by molar-refractivity contribution is -0.385. The predicted molar refractivity (Wildman–Crippen MR) is 45.7 cm³/mol. The Hall–Kier alpha value is -1.42. The van der Waals surface area contributed by atoms with Crippen molar-refractivity contribution >= 4 is 5.69 Å². The van der Waals surface area contributed by atoms with Crippen molar-refractivity contribution in [3.8, 4) is 0 Å². The Morgan fingerprint density at radius 1 is 1.50 bits per heavy atom. The molecule has 4 heteroatoms. The molecule has 1 aromatic rings. The molecule has 0 fully saturated rings. The Kier molecular flexibility index (Phi) is 2.40. The van der Waals surface area contributed by atoms with Gasteiger partial charge in [0.2, 0.25) is 0 Å². The van der Waals surface area contributed by atoms with Crippen LogP contribution in [0.4, 0.5) is 5.69 Å². The molecule has 0 spiro atoms. The number of nitro groups is 1. The second kappa shape index (κ2) is 3.32. The fraction of sp³-hybridized carbons (Fsp3) is 0.250. The smallest absolute Gasteiger partial charge is 0.274 e. The van der Waals surface area contributed by atoms with E-state index >= 15 is 0 Å². The fourth-order valence-electron chi connectivity index (χ4n) is 1.04. The van der Waals surface area contributed by atoms with Crippen LogP contribution in [0.2, 0.25) is 0 Å². The summed E-state index contributed by atoms with van der Waals surface area (Å²) in [5.74, 6) is 0. The average Bonchev–Trinajstić information content (AvgIpc) is 2.04. The Morgan fingerprint density at radius 2 is 2.08 bits per heavy atom. The summed E-state index contributed by atoms with van der Waals surface area (Å²) in [7, 11) is 0. The summed E-state index contributed by atoms with van der Waals surface area (Å²) in [4.78, 5) is 10.1. The van der Waals surface area contributed by atoms with Crippen LogP contribution in [0.25, 0.3) is 0 Å². The van der Waals surface area contributed by atoms with Crippen molar-refractivity contribution in [1.82, 2.24) is 0 Å². The molecule has 0 aromatic heterocycles. The maximum absolute atomic E-state index is 10.5. The van der Waals surface area contributed by atoms with Crippen LogP contribution in [0.5, 0.6) is 0 Å². The molecule has 0 heterocycles. The lowest BCUT2D eigenvalue weighted by Gasteiger charge is -2.04. The van der Waals surface area contributed by atoms with Gasteiger partial charge in [-0.1, -0.05) is 18.2 Å². The van der Waals surface area contributed by atoms with Crippen LogP contribution in [0.15, 0.2) is 24.3 Å². The lowest BCUT2D eigenvalue weighted by atomic mass is 10.1. The number of benzene rings is 1. The molecule has 12 heavy (non-hydrogen) atoms. The van der Waals surface area contributed by atoms with Gasteiger partial charge in [-0.25, -0.2) is 0 Å². The quantitative estimate of drug-likeness (QED) is 0.536. The number of nitrogens with two attached hydrogens (primary N) is 1. The number of rotatable bonds is 2. The molecule has 0 aliphatic heterocycles. The van der Waals surface area contributed by atoms with Crippen LogP contribution >= 0.6 is 0 Å². The molecule has 0 radical (unpaired) electrons. The number of hydrogen-bond acceptors (Lipinski definition) is 3. The predicted octanol–water partition coefficient (Wildman–Crippen LogP) is 1.61. The van der Waals surface area contributed by atoms with E-state index in [0.29, 0.717) is 5.56 Å². The van der Waals surface area contributed by atoms with E-state index in [1.165, 1.54) is 6.07 Å². The minimum Gasteiger partial charge on any atom is -0.324 e. The third kappa shape index (κ3) is 1.60. The topological polar surface area (TPSA) is 69.2 Å². The third-order valence-electron chi connectivity index (χ3n) is 1.62. The van der Waals surface area contributed by atoms with Crippen molar-refractivity contribution in [3.63, 3.8) is 0 Å². The molecule has 0 aliphatic rings. The SMILES string of the molecule is C[C@@H](N)c1ccccc1[N+](=O)[O-]. The first-order valence-corrected chi connectivity index (χ1v) is 3.62. The van der Waals surface area contributed by atoms with Crippen LogP contribution in [0, 0.1) is 10.1 Å². The molecule has 0 aliphatic carbocycles. The first kappa shape index (κ1) is 8.67. The molecule has 1 atom stereocenters. The molecular formula is C8H10N2O2. The van der Waals surface area contributed by atoms with Gasteiger partial charge in [0, 0.05) is 17.7 Å². The minimum absolute atomic E-state index is 0.0903. The van der Waals surface area contributed by atoms with Gasteiger partial charge in [-0.05, 0) is 6.92 Å². The molecule has 1 aromatic carbocycles. The molecule has 2 N–H and O–H groups in total. The molecule has 64 valence electrons. The molecular weight excluding hydrogens is 156 g/mol.